The summed E-state index contributed by atoms with van der Waals surface area (Å²) in [5.41, 5.74) is 3.10. The molecule has 0 aliphatic carbocycles. The maximum Gasteiger partial charge on any atom is 0.269 e. The first-order chi connectivity index (χ1) is 13.8. The zero-order chi connectivity index (χ0) is 21.0. The van der Waals surface area contributed by atoms with Crippen LogP contribution in [-0.4, -0.2) is 41.1 Å². The monoisotopic (exact) mass is 395 g/mol. The first-order valence-corrected chi connectivity index (χ1v) is 9.71. The molecule has 1 N–H and O–H groups in total. The number of piperidine rings is 1. The molecule has 2 aromatic carbocycles. The maximum absolute atomic E-state index is 12.6. The van der Waals surface area contributed by atoms with Gasteiger partial charge in [-0.3, -0.25) is 24.6 Å². The first kappa shape index (κ1) is 20.7. The van der Waals surface area contributed by atoms with E-state index in [1.807, 2.05) is 36.1 Å². The number of carbonyl (C=O) groups excluding carboxylic acids is 2. The zero-order valence-corrected chi connectivity index (χ0v) is 16.7. The van der Waals surface area contributed by atoms with Gasteiger partial charge in [-0.2, -0.15) is 0 Å². The minimum Gasteiger partial charge on any atom is -0.325 e. The Bertz CT molecular complexity index is 916. The fraction of sp³-hybridized carbons (Fsp3) is 0.364. The molecule has 3 rings (SSSR count). The van der Waals surface area contributed by atoms with E-state index in [4.69, 9.17) is 0 Å². The molecule has 1 amide bonds. The summed E-state index contributed by atoms with van der Waals surface area (Å²) in [7, 11) is 0. The van der Waals surface area contributed by atoms with Gasteiger partial charge in [0.2, 0.25) is 5.91 Å². The van der Waals surface area contributed by atoms with Gasteiger partial charge in [-0.1, -0.05) is 29.8 Å². The van der Waals surface area contributed by atoms with E-state index >= 15 is 0 Å². The van der Waals surface area contributed by atoms with Crippen molar-refractivity contribution in [3.8, 4) is 0 Å². The van der Waals surface area contributed by atoms with Gasteiger partial charge in [0, 0.05) is 29.3 Å². The molecule has 1 fully saturated rings. The molecular formula is C22H25N3O4. The highest BCUT2D eigenvalue weighted by atomic mass is 16.6. The summed E-state index contributed by atoms with van der Waals surface area (Å²) in [5.74, 6) is 0.00908. The van der Waals surface area contributed by atoms with Crippen molar-refractivity contribution in [2.75, 3.05) is 25.0 Å². The van der Waals surface area contributed by atoms with E-state index in [1.54, 1.807) is 13.0 Å². The van der Waals surface area contributed by atoms with Crippen molar-refractivity contribution in [2.24, 2.45) is 5.92 Å². The van der Waals surface area contributed by atoms with Crippen LogP contribution in [0.4, 0.5) is 11.4 Å². The molecule has 1 saturated heterocycles. The number of likely N-dealkylation sites (tertiary alicyclic amines) is 1. The standard InChI is InChI=1S/C22H25N3O4/c1-15-3-5-17(6-4-15)22(27)18-9-11-24(12-10-18)14-21(26)23-20-8-7-19(25(28)29)13-16(20)2/h3-8,13,18H,9-12,14H2,1-2H3,(H,23,26). The zero-order valence-electron chi connectivity index (χ0n) is 16.7. The fourth-order valence-electron chi connectivity index (χ4n) is 3.60. The summed E-state index contributed by atoms with van der Waals surface area (Å²) in [4.78, 5) is 37.4. The second-order valence-corrected chi connectivity index (χ2v) is 7.59. The van der Waals surface area contributed by atoms with Crippen molar-refractivity contribution in [1.29, 1.82) is 0 Å². The molecule has 1 heterocycles. The van der Waals surface area contributed by atoms with Gasteiger partial charge in [0.25, 0.3) is 5.69 Å². The number of aryl methyl sites for hydroxylation is 2. The number of hydrogen-bond donors (Lipinski definition) is 1. The van der Waals surface area contributed by atoms with Gasteiger partial charge in [0.1, 0.15) is 0 Å². The van der Waals surface area contributed by atoms with Crippen LogP contribution in [0.25, 0.3) is 0 Å². The van der Waals surface area contributed by atoms with E-state index in [0.29, 0.717) is 24.3 Å². The Labute approximate surface area is 169 Å². The SMILES string of the molecule is Cc1ccc(C(=O)C2CCN(CC(=O)Nc3ccc([N+](=O)[O-])cc3C)CC2)cc1. The van der Waals surface area contributed by atoms with Gasteiger partial charge in [0.15, 0.2) is 5.78 Å². The number of nitrogens with one attached hydrogen (secondary N) is 1. The Morgan fingerprint density at radius 3 is 2.34 bits per heavy atom. The highest BCUT2D eigenvalue weighted by molar-refractivity contribution is 5.98. The molecule has 0 radical (unpaired) electrons. The van der Waals surface area contributed by atoms with Gasteiger partial charge >= 0.3 is 0 Å². The molecule has 0 aromatic heterocycles. The first-order valence-electron chi connectivity index (χ1n) is 9.71. The number of ketones is 1. The van der Waals surface area contributed by atoms with Crippen LogP contribution < -0.4 is 5.32 Å². The molecule has 0 atom stereocenters. The summed E-state index contributed by atoms with van der Waals surface area (Å²) >= 11 is 0. The van der Waals surface area contributed by atoms with Crippen molar-refractivity contribution in [3.63, 3.8) is 0 Å². The molecule has 7 nitrogen and oxygen atoms in total. The van der Waals surface area contributed by atoms with Crippen LogP contribution in [0.1, 0.15) is 34.3 Å². The maximum atomic E-state index is 12.6. The lowest BCUT2D eigenvalue weighted by atomic mass is 9.88. The third-order valence-corrected chi connectivity index (χ3v) is 5.36. The number of Topliss-reactive ketones (excluding diaryl/α,β-unsaturated/α-hetero) is 1. The Morgan fingerprint density at radius 1 is 1.10 bits per heavy atom. The smallest absolute Gasteiger partial charge is 0.269 e. The van der Waals surface area contributed by atoms with Gasteiger partial charge in [-0.05, 0) is 51.4 Å². The molecule has 152 valence electrons. The highest BCUT2D eigenvalue weighted by Crippen LogP contribution is 2.23. The largest absolute Gasteiger partial charge is 0.325 e. The number of rotatable bonds is 6. The lowest BCUT2D eigenvalue weighted by molar-refractivity contribution is -0.384. The molecule has 1 aliphatic rings. The second kappa shape index (κ2) is 8.96. The average Bonchev–Trinajstić information content (AvgIpc) is 2.70. The van der Waals surface area contributed by atoms with Crippen molar-refractivity contribution in [3.05, 3.63) is 69.3 Å². The van der Waals surface area contributed by atoms with Crippen LogP contribution in [0.15, 0.2) is 42.5 Å². The number of carbonyl (C=O) groups is 2. The van der Waals surface area contributed by atoms with Crippen LogP contribution in [-0.2, 0) is 4.79 Å². The quantitative estimate of drug-likeness (QED) is 0.457. The lowest BCUT2D eigenvalue weighted by Gasteiger charge is -2.30. The molecule has 0 spiro atoms. The highest BCUT2D eigenvalue weighted by Gasteiger charge is 2.26. The van der Waals surface area contributed by atoms with Crippen LogP contribution in [0.2, 0.25) is 0 Å². The van der Waals surface area contributed by atoms with Crippen molar-refractivity contribution >= 4 is 23.1 Å². The van der Waals surface area contributed by atoms with E-state index in [2.05, 4.69) is 5.32 Å². The van der Waals surface area contributed by atoms with E-state index in [9.17, 15) is 19.7 Å². The number of non-ortho nitro benzene ring substituents is 1. The van der Waals surface area contributed by atoms with Crippen LogP contribution in [0, 0.1) is 29.9 Å². The topological polar surface area (TPSA) is 92.6 Å². The third kappa shape index (κ3) is 5.26. The predicted octanol–water partition coefficient (Wildman–Crippen LogP) is 3.75. The van der Waals surface area contributed by atoms with Gasteiger partial charge < -0.3 is 5.32 Å². The number of hydrogen-bond acceptors (Lipinski definition) is 5. The molecule has 29 heavy (non-hydrogen) atoms. The Morgan fingerprint density at radius 2 is 1.76 bits per heavy atom. The number of amides is 1. The van der Waals surface area contributed by atoms with E-state index in [0.717, 1.165) is 24.0 Å². The van der Waals surface area contributed by atoms with E-state index < -0.39 is 4.92 Å². The number of benzene rings is 2. The molecule has 2 aromatic rings. The average molecular weight is 395 g/mol. The fourth-order valence-corrected chi connectivity index (χ4v) is 3.60. The second-order valence-electron chi connectivity index (χ2n) is 7.59. The predicted molar refractivity (Wildman–Crippen MR) is 111 cm³/mol. The number of anilines is 1. The molecule has 0 bridgehead atoms. The van der Waals surface area contributed by atoms with Crippen molar-refractivity contribution in [1.82, 2.24) is 4.90 Å². The van der Waals surface area contributed by atoms with E-state index in [1.165, 1.54) is 12.1 Å². The summed E-state index contributed by atoms with van der Waals surface area (Å²) in [6.45, 7) is 5.34. The molecule has 1 aliphatic heterocycles. The van der Waals surface area contributed by atoms with Gasteiger partial charge in [0.05, 0.1) is 11.5 Å². The molecule has 0 saturated carbocycles. The Kier molecular flexibility index (Phi) is 6.39. The molecule has 7 heteroatoms. The summed E-state index contributed by atoms with van der Waals surface area (Å²) in [6.07, 6.45) is 1.47. The molecular weight excluding hydrogens is 370 g/mol. The van der Waals surface area contributed by atoms with Crippen LogP contribution in [0.5, 0.6) is 0 Å². The van der Waals surface area contributed by atoms with Gasteiger partial charge in [-0.25, -0.2) is 0 Å². The summed E-state index contributed by atoms with van der Waals surface area (Å²) in [5, 5.41) is 13.6. The minimum absolute atomic E-state index is 0.000755. The molecule has 0 unspecified atom stereocenters. The van der Waals surface area contributed by atoms with Crippen LogP contribution in [0.3, 0.4) is 0 Å². The minimum atomic E-state index is -0.458. The number of nitro benzene ring substituents is 1. The van der Waals surface area contributed by atoms with Gasteiger partial charge in [-0.15, -0.1) is 0 Å². The summed E-state index contributed by atoms with van der Waals surface area (Å²) < 4.78 is 0. The third-order valence-electron chi connectivity index (χ3n) is 5.36. The normalized spacial score (nSPS) is 15.1. The van der Waals surface area contributed by atoms with Crippen molar-refractivity contribution < 1.29 is 14.5 Å². The Balaban J connectivity index is 1.50. The van der Waals surface area contributed by atoms with E-state index in [-0.39, 0.29) is 29.8 Å². The number of nitro groups is 1. The van der Waals surface area contributed by atoms with Crippen LogP contribution >= 0.6 is 0 Å². The summed E-state index contributed by atoms with van der Waals surface area (Å²) in [6, 6.07) is 12.0. The Hall–Kier alpha value is -3.06. The van der Waals surface area contributed by atoms with Crippen molar-refractivity contribution in [2.45, 2.75) is 26.7 Å². The lowest BCUT2D eigenvalue weighted by Crippen LogP contribution is -2.40. The number of nitrogens with zero attached hydrogens (tertiary/aromatic N) is 2.